The van der Waals surface area contributed by atoms with Crippen molar-refractivity contribution in [3.63, 3.8) is 0 Å². The minimum Gasteiger partial charge on any atom is -0.308 e. The van der Waals surface area contributed by atoms with Crippen LogP contribution in [-0.4, -0.2) is 0 Å². The summed E-state index contributed by atoms with van der Waals surface area (Å²) in [6.07, 6.45) is 0. The van der Waals surface area contributed by atoms with Gasteiger partial charge in [-0.25, -0.2) is 0 Å². The van der Waals surface area contributed by atoms with Gasteiger partial charge in [0.05, 0.1) is 29.0 Å². The van der Waals surface area contributed by atoms with Crippen LogP contribution in [-0.2, 0) is 0 Å². The first kappa shape index (κ1) is 30.2. The van der Waals surface area contributed by atoms with Gasteiger partial charge < -0.3 is 4.90 Å². The molecule has 6 heteroatoms. The zero-order valence-corrected chi connectivity index (χ0v) is 31.2. The van der Waals surface area contributed by atoms with E-state index in [1.807, 2.05) is 45.3 Å². The van der Waals surface area contributed by atoms with Crippen LogP contribution in [0.1, 0.15) is 65.6 Å². The van der Waals surface area contributed by atoms with Crippen molar-refractivity contribution >= 4 is 112 Å². The molecular weight excluding hydrogens is 679 g/mol. The minimum atomic E-state index is 0.489. The highest BCUT2D eigenvalue weighted by Gasteiger charge is 2.31. The Hall–Kier alpha value is -2.48. The highest BCUT2D eigenvalue weighted by molar-refractivity contribution is 9.11. The van der Waals surface area contributed by atoms with Crippen LogP contribution < -0.4 is 4.90 Å². The molecule has 0 saturated carbocycles. The molecule has 0 radical (unpaired) electrons. The maximum Gasteiger partial charge on any atom is 0.0837 e. The minimum absolute atomic E-state index is 0.489. The average Bonchev–Trinajstić information content (AvgIpc) is 3.06. The highest BCUT2D eigenvalue weighted by atomic mass is 79.9. The van der Waals surface area contributed by atoms with E-state index in [9.17, 15) is 0 Å². The fourth-order valence-electron chi connectivity index (χ4n) is 6.44. The van der Waals surface area contributed by atoms with Crippen molar-refractivity contribution in [1.29, 1.82) is 0 Å². The number of fused-ring (bicyclic) bond motifs is 4. The van der Waals surface area contributed by atoms with E-state index >= 15 is 0 Å². The molecule has 224 valence electrons. The van der Waals surface area contributed by atoms with Crippen molar-refractivity contribution in [3.8, 4) is 0 Å². The van der Waals surface area contributed by atoms with Crippen LogP contribution in [0.3, 0.4) is 0 Å². The van der Waals surface area contributed by atoms with E-state index in [2.05, 4.69) is 137 Å². The van der Waals surface area contributed by atoms with Crippen LogP contribution in [0.15, 0.2) is 70.7 Å². The van der Waals surface area contributed by atoms with Crippen LogP contribution in [0.25, 0.3) is 33.8 Å². The number of rotatable bonds is 3. The van der Waals surface area contributed by atoms with E-state index in [0.717, 1.165) is 0 Å². The van der Waals surface area contributed by atoms with Gasteiger partial charge in [0.1, 0.15) is 0 Å². The number of benzene rings is 4. The number of nitrogens with zero attached hydrogens (tertiary/aromatic N) is 1. The van der Waals surface area contributed by atoms with Gasteiger partial charge in [0, 0.05) is 30.5 Å². The lowest BCUT2D eigenvalue weighted by Crippen LogP contribution is -2.15. The fourth-order valence-corrected chi connectivity index (χ4v) is 13.6. The maximum atomic E-state index is 4.23. The third-order valence-electron chi connectivity index (χ3n) is 9.90. The standard InChI is InChI=1S/C38H36BrNS4/c1-19-21(3)25(7)33-31(23(19)5)41-35-29(39)36-38(44-34-26(8)22(4)20(2)24(6)32(34)42-36)30(37(35)43-33)40(27-15-11-9-12-16-27)28-17-13-10-14-18-28/h9-19,23H,1-8H3. The maximum absolute atomic E-state index is 4.23. The summed E-state index contributed by atoms with van der Waals surface area (Å²) in [6, 6.07) is 21.8. The van der Waals surface area contributed by atoms with Crippen molar-refractivity contribution in [2.24, 2.45) is 5.92 Å². The Morgan fingerprint density at radius 1 is 0.545 bits per heavy atom. The van der Waals surface area contributed by atoms with E-state index in [0.29, 0.717) is 11.8 Å². The van der Waals surface area contributed by atoms with Gasteiger partial charge >= 0.3 is 0 Å². The second kappa shape index (κ2) is 11.4. The van der Waals surface area contributed by atoms with E-state index < -0.39 is 0 Å². The summed E-state index contributed by atoms with van der Waals surface area (Å²) in [6.45, 7) is 18.7. The zero-order valence-electron chi connectivity index (χ0n) is 26.4. The molecule has 2 aromatic heterocycles. The van der Waals surface area contributed by atoms with Gasteiger partial charge in [0.2, 0.25) is 0 Å². The van der Waals surface area contributed by atoms with Crippen molar-refractivity contribution in [1.82, 2.24) is 0 Å². The lowest BCUT2D eigenvalue weighted by Gasteiger charge is -2.32. The number of hydrogen-bond donors (Lipinski definition) is 0. The number of allylic oxidation sites excluding steroid dienone is 2. The third-order valence-corrected chi connectivity index (χ3v) is 17.1. The Morgan fingerprint density at radius 3 is 1.57 bits per heavy atom. The van der Waals surface area contributed by atoms with Crippen molar-refractivity contribution in [2.45, 2.75) is 61.3 Å². The largest absolute Gasteiger partial charge is 0.308 e. The third kappa shape index (κ3) is 4.55. The quantitative estimate of drug-likeness (QED) is 0.165. The SMILES string of the molecule is CC1=C(C)C(C)C(C)c2sc3c(Br)c4sc5c(C)c(C)c(C)c(C)c5sc4c(N(c4ccccc4)c4ccccc4)c3sc21. The van der Waals surface area contributed by atoms with Gasteiger partial charge in [-0.15, -0.1) is 45.3 Å². The van der Waals surface area contributed by atoms with E-state index in [1.54, 1.807) is 0 Å². The Morgan fingerprint density at radius 2 is 1.02 bits per heavy atom. The van der Waals surface area contributed by atoms with Gasteiger partial charge in [-0.3, -0.25) is 0 Å². The van der Waals surface area contributed by atoms with Crippen molar-refractivity contribution in [3.05, 3.63) is 103 Å². The molecule has 2 atom stereocenters. The Bertz CT molecular complexity index is 2130. The van der Waals surface area contributed by atoms with Crippen molar-refractivity contribution in [2.75, 3.05) is 4.90 Å². The first-order chi connectivity index (χ1) is 21.1. The molecule has 1 aliphatic rings. The van der Waals surface area contributed by atoms with Crippen LogP contribution in [0, 0.1) is 33.6 Å². The van der Waals surface area contributed by atoms with E-state index in [-0.39, 0.29) is 0 Å². The molecule has 0 bridgehead atoms. The summed E-state index contributed by atoms with van der Waals surface area (Å²) in [4.78, 5) is 5.47. The first-order valence-corrected chi connectivity index (χ1v) is 19.2. The predicted molar refractivity (Wildman–Crippen MR) is 205 cm³/mol. The molecular formula is C38H36BrNS4. The molecule has 0 spiro atoms. The van der Waals surface area contributed by atoms with Gasteiger partial charge in [0.25, 0.3) is 0 Å². The molecule has 0 fully saturated rings. The monoisotopic (exact) mass is 713 g/mol. The summed E-state index contributed by atoms with van der Waals surface area (Å²) in [7, 11) is 0. The fraction of sp³-hybridized carbons (Fsp3) is 0.263. The molecule has 1 aliphatic carbocycles. The smallest absolute Gasteiger partial charge is 0.0837 e. The normalized spacial score (nSPS) is 16.7. The van der Waals surface area contributed by atoms with Crippen LogP contribution >= 0.6 is 61.3 Å². The van der Waals surface area contributed by atoms with Crippen LogP contribution in [0.4, 0.5) is 17.1 Å². The molecule has 1 nitrogen and oxygen atoms in total. The molecule has 2 unspecified atom stereocenters. The molecule has 2 heterocycles. The molecule has 6 aromatic rings. The highest BCUT2D eigenvalue weighted by Crippen LogP contribution is 2.57. The number of anilines is 3. The Labute approximate surface area is 285 Å². The summed E-state index contributed by atoms with van der Waals surface area (Å²) in [5.74, 6) is 1.03. The summed E-state index contributed by atoms with van der Waals surface area (Å²) >= 11 is 12.1. The van der Waals surface area contributed by atoms with Gasteiger partial charge in [0.15, 0.2) is 0 Å². The van der Waals surface area contributed by atoms with Gasteiger partial charge in [-0.05, 0) is 121 Å². The molecule has 7 rings (SSSR count). The molecule has 0 N–H and O–H groups in total. The number of para-hydroxylation sites is 2. The average molecular weight is 715 g/mol. The van der Waals surface area contributed by atoms with Crippen molar-refractivity contribution < 1.29 is 0 Å². The first-order valence-electron chi connectivity index (χ1n) is 15.1. The second-order valence-electron chi connectivity index (χ2n) is 12.1. The van der Waals surface area contributed by atoms with Crippen LogP contribution in [0.2, 0.25) is 0 Å². The van der Waals surface area contributed by atoms with Crippen LogP contribution in [0.5, 0.6) is 0 Å². The Balaban J connectivity index is 1.73. The lowest BCUT2D eigenvalue weighted by molar-refractivity contribution is 0.561. The number of halogens is 1. The van der Waals surface area contributed by atoms with Gasteiger partial charge in [-0.1, -0.05) is 55.8 Å². The summed E-state index contributed by atoms with van der Waals surface area (Å²) in [5.41, 5.74) is 12.2. The number of aryl methyl sites for hydroxylation is 2. The number of hydrogen-bond acceptors (Lipinski definition) is 5. The zero-order chi connectivity index (χ0) is 31.0. The topological polar surface area (TPSA) is 3.24 Å². The van der Waals surface area contributed by atoms with E-state index in [4.69, 9.17) is 0 Å². The lowest BCUT2D eigenvalue weighted by atomic mass is 9.81. The van der Waals surface area contributed by atoms with E-state index in [1.165, 1.54) is 92.9 Å². The second-order valence-corrected chi connectivity index (χ2v) is 17.0. The summed E-state index contributed by atoms with van der Waals surface area (Å²) in [5, 5.41) is 0. The molecule has 0 aliphatic heterocycles. The molecule has 44 heavy (non-hydrogen) atoms. The molecule has 0 amide bonds. The van der Waals surface area contributed by atoms with Gasteiger partial charge in [-0.2, -0.15) is 0 Å². The molecule has 0 saturated heterocycles. The summed E-state index contributed by atoms with van der Waals surface area (Å²) < 4.78 is 9.39. The predicted octanol–water partition coefficient (Wildman–Crippen LogP) is 14.5. The molecule has 4 aromatic carbocycles. The Kier molecular flexibility index (Phi) is 7.82.